The highest BCUT2D eigenvalue weighted by atomic mass is 35.5. The summed E-state index contributed by atoms with van der Waals surface area (Å²) in [7, 11) is 0. The Hall–Kier alpha value is -0.490. The molecule has 1 heteroatoms. The van der Waals surface area contributed by atoms with Crippen LogP contribution < -0.4 is 0 Å². The molecule has 0 bridgehead atoms. The van der Waals surface area contributed by atoms with Crippen molar-refractivity contribution in [1.82, 2.24) is 0 Å². The van der Waals surface area contributed by atoms with E-state index in [-0.39, 0.29) is 0 Å². The number of hydrogen-bond acceptors (Lipinski definition) is 0. The second-order valence-electron chi connectivity index (χ2n) is 6.13. The summed E-state index contributed by atoms with van der Waals surface area (Å²) in [5.41, 5.74) is 4.50. The van der Waals surface area contributed by atoms with Crippen molar-refractivity contribution in [3.63, 3.8) is 0 Å². The molecule has 0 amide bonds. The van der Waals surface area contributed by atoms with Gasteiger partial charge in [-0.15, -0.1) is 0 Å². The first-order valence-electron chi connectivity index (χ1n) is 7.63. The van der Waals surface area contributed by atoms with Gasteiger partial charge in [-0.1, -0.05) is 56.2 Å². The van der Waals surface area contributed by atoms with Crippen LogP contribution in [0, 0.1) is 5.92 Å². The lowest BCUT2D eigenvalue weighted by molar-refractivity contribution is 0.458. The van der Waals surface area contributed by atoms with Crippen molar-refractivity contribution in [2.45, 2.75) is 64.2 Å². The summed E-state index contributed by atoms with van der Waals surface area (Å²) in [6, 6.07) is 4.66. The van der Waals surface area contributed by atoms with Crippen LogP contribution in [0.4, 0.5) is 0 Å². The third kappa shape index (κ3) is 2.74. The van der Waals surface area contributed by atoms with Crippen LogP contribution in [0.2, 0.25) is 5.02 Å². The quantitative estimate of drug-likeness (QED) is 0.631. The maximum absolute atomic E-state index is 6.47. The van der Waals surface area contributed by atoms with Gasteiger partial charge in [0.05, 0.1) is 0 Å². The van der Waals surface area contributed by atoms with Crippen LogP contribution in [0.25, 0.3) is 0 Å². The zero-order valence-corrected chi connectivity index (χ0v) is 11.9. The number of fused-ring (bicyclic) bond motifs is 1. The molecule has 1 aromatic rings. The monoisotopic (exact) mass is 262 g/mol. The van der Waals surface area contributed by atoms with Crippen LogP contribution in [0.5, 0.6) is 0 Å². The minimum absolute atomic E-state index is 0.879. The van der Waals surface area contributed by atoms with Crippen molar-refractivity contribution in [3.05, 3.63) is 33.8 Å². The van der Waals surface area contributed by atoms with Crippen LogP contribution in [-0.4, -0.2) is 0 Å². The summed E-state index contributed by atoms with van der Waals surface area (Å²) in [5, 5.41) is 1.03. The highest BCUT2D eigenvalue weighted by Crippen LogP contribution is 2.32. The van der Waals surface area contributed by atoms with E-state index in [9.17, 15) is 0 Å². The molecule has 0 saturated heterocycles. The van der Waals surface area contributed by atoms with Gasteiger partial charge in [0.25, 0.3) is 0 Å². The van der Waals surface area contributed by atoms with Crippen LogP contribution in [0.15, 0.2) is 12.1 Å². The van der Waals surface area contributed by atoms with E-state index < -0.39 is 0 Å². The number of aryl methyl sites for hydroxylation is 2. The molecule has 1 saturated carbocycles. The first-order valence-corrected chi connectivity index (χ1v) is 8.01. The third-order valence-electron chi connectivity index (χ3n) is 4.74. The van der Waals surface area contributed by atoms with Gasteiger partial charge in [0.1, 0.15) is 0 Å². The van der Waals surface area contributed by atoms with Crippen molar-refractivity contribution in [2.75, 3.05) is 0 Å². The fraction of sp³-hybridized carbons (Fsp3) is 0.647. The van der Waals surface area contributed by atoms with Crippen molar-refractivity contribution in [2.24, 2.45) is 5.92 Å². The van der Waals surface area contributed by atoms with Gasteiger partial charge < -0.3 is 0 Å². The Morgan fingerprint density at radius 1 is 0.889 bits per heavy atom. The van der Waals surface area contributed by atoms with E-state index in [1.807, 2.05) is 0 Å². The fourth-order valence-corrected chi connectivity index (χ4v) is 3.94. The van der Waals surface area contributed by atoms with E-state index in [0.717, 1.165) is 10.9 Å². The average Bonchev–Trinajstić information content (AvgIpc) is 2.65. The summed E-state index contributed by atoms with van der Waals surface area (Å²) >= 11 is 6.47. The van der Waals surface area contributed by atoms with Gasteiger partial charge in [-0.05, 0) is 54.4 Å². The lowest BCUT2D eigenvalue weighted by Gasteiger charge is -2.16. The van der Waals surface area contributed by atoms with Crippen LogP contribution in [-0.2, 0) is 19.3 Å². The van der Waals surface area contributed by atoms with Crippen molar-refractivity contribution >= 4 is 11.6 Å². The van der Waals surface area contributed by atoms with Gasteiger partial charge in [-0.25, -0.2) is 0 Å². The molecular formula is C17H23Cl. The zero-order valence-electron chi connectivity index (χ0n) is 11.2. The molecular weight excluding hydrogens is 240 g/mol. The Kier molecular flexibility index (Phi) is 3.94. The van der Waals surface area contributed by atoms with Crippen molar-refractivity contribution in [3.8, 4) is 0 Å². The molecule has 2 aliphatic rings. The number of hydrogen-bond donors (Lipinski definition) is 0. The summed E-state index contributed by atoms with van der Waals surface area (Å²) in [4.78, 5) is 0. The second-order valence-corrected chi connectivity index (χ2v) is 6.53. The second kappa shape index (κ2) is 5.65. The molecule has 0 unspecified atom stereocenters. The molecule has 1 fully saturated rings. The van der Waals surface area contributed by atoms with Crippen molar-refractivity contribution < 1.29 is 0 Å². The summed E-state index contributed by atoms with van der Waals surface area (Å²) in [6.07, 6.45) is 13.6. The van der Waals surface area contributed by atoms with Crippen LogP contribution in [0.1, 0.15) is 61.6 Å². The molecule has 2 aliphatic carbocycles. The van der Waals surface area contributed by atoms with Crippen molar-refractivity contribution in [1.29, 1.82) is 0 Å². The molecule has 98 valence electrons. The molecule has 3 rings (SSSR count). The Morgan fingerprint density at radius 2 is 1.56 bits per heavy atom. The third-order valence-corrected chi connectivity index (χ3v) is 5.10. The SMILES string of the molecule is Clc1cc2c(cc1CC1CCCCCC1)CCC2. The molecule has 0 spiro atoms. The summed E-state index contributed by atoms with van der Waals surface area (Å²) in [5.74, 6) is 0.879. The lowest BCUT2D eigenvalue weighted by atomic mass is 9.91. The molecule has 0 nitrogen and oxygen atoms in total. The lowest BCUT2D eigenvalue weighted by Crippen LogP contribution is -2.04. The average molecular weight is 263 g/mol. The zero-order chi connectivity index (χ0) is 12.4. The highest BCUT2D eigenvalue weighted by Gasteiger charge is 2.17. The Morgan fingerprint density at radius 3 is 2.28 bits per heavy atom. The van der Waals surface area contributed by atoms with Gasteiger partial charge in [0, 0.05) is 5.02 Å². The number of halogens is 1. The molecule has 1 aromatic carbocycles. The van der Waals surface area contributed by atoms with Gasteiger partial charge in [0.15, 0.2) is 0 Å². The Labute approximate surface area is 116 Å². The highest BCUT2D eigenvalue weighted by molar-refractivity contribution is 6.31. The molecule has 0 aliphatic heterocycles. The summed E-state index contributed by atoms with van der Waals surface area (Å²) < 4.78 is 0. The van der Waals surface area contributed by atoms with E-state index in [2.05, 4.69) is 12.1 Å². The van der Waals surface area contributed by atoms with E-state index in [4.69, 9.17) is 11.6 Å². The smallest absolute Gasteiger partial charge is 0.0441 e. The molecule has 0 aromatic heterocycles. The minimum atomic E-state index is 0.879. The first-order chi connectivity index (χ1) is 8.83. The molecule has 18 heavy (non-hydrogen) atoms. The number of rotatable bonds is 2. The minimum Gasteiger partial charge on any atom is -0.0840 e. The van der Waals surface area contributed by atoms with Gasteiger partial charge in [-0.3, -0.25) is 0 Å². The normalized spacial score (nSPS) is 20.7. The first kappa shape index (κ1) is 12.5. The Balaban J connectivity index is 1.75. The molecule has 0 radical (unpaired) electrons. The van der Waals surface area contributed by atoms with E-state index in [0.29, 0.717) is 0 Å². The van der Waals surface area contributed by atoms with Crippen LogP contribution >= 0.6 is 11.6 Å². The van der Waals surface area contributed by atoms with Gasteiger partial charge in [0.2, 0.25) is 0 Å². The summed E-state index contributed by atoms with van der Waals surface area (Å²) in [6.45, 7) is 0. The topological polar surface area (TPSA) is 0 Å². The predicted octanol–water partition coefficient (Wildman–Crippen LogP) is 5.34. The van der Waals surface area contributed by atoms with E-state index >= 15 is 0 Å². The predicted molar refractivity (Wildman–Crippen MR) is 78.4 cm³/mol. The van der Waals surface area contributed by atoms with E-state index in [1.165, 1.54) is 75.3 Å². The number of benzene rings is 1. The molecule has 0 heterocycles. The fourth-order valence-electron chi connectivity index (χ4n) is 3.68. The van der Waals surface area contributed by atoms with Gasteiger partial charge in [-0.2, -0.15) is 0 Å². The Bertz CT molecular complexity index is 414. The maximum Gasteiger partial charge on any atom is 0.0441 e. The van der Waals surface area contributed by atoms with E-state index in [1.54, 1.807) is 5.56 Å². The molecule has 0 N–H and O–H groups in total. The van der Waals surface area contributed by atoms with Crippen LogP contribution in [0.3, 0.4) is 0 Å². The maximum atomic E-state index is 6.47. The largest absolute Gasteiger partial charge is 0.0840 e. The standard InChI is InChI=1S/C17H23Cl/c18-17-12-15-9-5-8-14(15)11-16(17)10-13-6-3-1-2-4-7-13/h11-13H,1-10H2. The molecule has 0 atom stereocenters. The van der Waals surface area contributed by atoms with Gasteiger partial charge >= 0.3 is 0 Å².